The van der Waals surface area contributed by atoms with Gasteiger partial charge in [-0.1, -0.05) is 273 Å². The molecule has 16 rings (SSSR count). The fraction of sp³-hybridized carbons (Fsp3) is 0.0886. The third-order valence-corrected chi connectivity index (χ3v) is 26.0. The zero-order chi connectivity index (χ0) is 57.3. The van der Waals surface area contributed by atoms with Crippen molar-refractivity contribution in [3.05, 3.63) is 278 Å². The number of hydrogen-bond donors (Lipinski definition) is 0. The van der Waals surface area contributed by atoms with Gasteiger partial charge in [-0.15, -0.1) is 0 Å². The third kappa shape index (κ3) is 7.85. The molecule has 0 atom stereocenters. The molecule has 1 aliphatic carbocycles. The largest absolute Gasteiger partial charge is 0.454 e. The van der Waals surface area contributed by atoms with Crippen molar-refractivity contribution in [3.63, 3.8) is 0 Å². The van der Waals surface area contributed by atoms with Crippen LogP contribution in [0.1, 0.15) is 25.0 Å². The first-order chi connectivity index (χ1) is 41.4. The van der Waals surface area contributed by atoms with Gasteiger partial charge in [0.05, 0.1) is 28.4 Å². The predicted octanol–water partition coefficient (Wildman–Crippen LogP) is 19.8. The molecule has 0 fully saturated rings. The van der Waals surface area contributed by atoms with Gasteiger partial charge in [-0.2, -0.15) is 0 Å². The second kappa shape index (κ2) is 19.2. The van der Waals surface area contributed by atoms with Crippen molar-refractivity contribution in [1.29, 1.82) is 0 Å². The summed E-state index contributed by atoms with van der Waals surface area (Å²) in [7, 11) is -4.59. The van der Waals surface area contributed by atoms with Crippen molar-refractivity contribution < 1.29 is 8.83 Å². The van der Waals surface area contributed by atoms with Crippen molar-refractivity contribution in [2.75, 3.05) is 9.80 Å². The van der Waals surface area contributed by atoms with E-state index < -0.39 is 21.6 Å². The quantitative estimate of drug-likeness (QED) is 0.128. The van der Waals surface area contributed by atoms with Crippen LogP contribution in [0, 0.1) is 0 Å². The van der Waals surface area contributed by atoms with Gasteiger partial charge in [0.1, 0.15) is 27.3 Å². The molecular formula is C79H62N2O2Si2. The van der Waals surface area contributed by atoms with Gasteiger partial charge in [0.25, 0.3) is 0 Å². The normalized spacial score (nSPS) is 13.2. The predicted molar refractivity (Wildman–Crippen MR) is 367 cm³/mol. The van der Waals surface area contributed by atoms with Crippen LogP contribution in [0.25, 0.3) is 87.3 Å². The first kappa shape index (κ1) is 51.0. The Morgan fingerprint density at radius 2 is 0.741 bits per heavy atom. The molecule has 0 aliphatic heterocycles. The Balaban J connectivity index is 0.950. The number of benzene rings is 13. The number of anilines is 6. The van der Waals surface area contributed by atoms with E-state index >= 15 is 0 Å². The Hall–Kier alpha value is -9.73. The first-order valence-electron chi connectivity index (χ1n) is 29.7. The summed E-state index contributed by atoms with van der Waals surface area (Å²) in [4.78, 5) is 5.05. The van der Waals surface area contributed by atoms with Crippen LogP contribution >= 0.6 is 0 Å². The number of fused-ring (bicyclic) bond motifs is 13. The number of furan rings is 2. The van der Waals surface area contributed by atoms with Crippen molar-refractivity contribution in [2.45, 2.75) is 45.5 Å². The van der Waals surface area contributed by atoms with Gasteiger partial charge in [0, 0.05) is 48.8 Å². The van der Waals surface area contributed by atoms with Crippen molar-refractivity contribution >= 4 is 147 Å². The summed E-state index contributed by atoms with van der Waals surface area (Å²) in [6.45, 7) is 14.8. The third-order valence-electron chi connectivity index (χ3n) is 19.0. The molecule has 0 amide bonds. The van der Waals surface area contributed by atoms with Crippen molar-refractivity contribution in [1.82, 2.24) is 0 Å². The van der Waals surface area contributed by atoms with E-state index in [0.717, 1.165) is 78.0 Å². The Bertz CT molecular complexity index is 5180. The molecule has 15 aromatic rings. The lowest BCUT2D eigenvalue weighted by molar-refractivity contribution is 0.660. The summed E-state index contributed by atoms with van der Waals surface area (Å²) < 4.78 is 14.3. The number of nitrogens with zero attached hydrogens (tertiary/aromatic N) is 2. The highest BCUT2D eigenvalue weighted by Gasteiger charge is 2.40. The van der Waals surface area contributed by atoms with Crippen molar-refractivity contribution in [3.8, 4) is 11.1 Å². The Morgan fingerprint density at radius 1 is 0.306 bits per heavy atom. The van der Waals surface area contributed by atoms with Crippen LogP contribution in [0.2, 0.25) is 26.2 Å². The molecule has 0 N–H and O–H groups in total. The summed E-state index contributed by atoms with van der Waals surface area (Å²) in [5, 5.41) is 17.0. The van der Waals surface area contributed by atoms with Gasteiger partial charge in [-0.25, -0.2) is 0 Å². The van der Waals surface area contributed by atoms with Gasteiger partial charge in [0.15, 0.2) is 11.2 Å². The molecule has 0 bridgehead atoms. The molecule has 0 spiro atoms. The lowest BCUT2D eigenvalue weighted by Crippen LogP contribution is -2.52. The zero-order valence-corrected chi connectivity index (χ0v) is 50.6. The van der Waals surface area contributed by atoms with E-state index in [1.807, 2.05) is 0 Å². The number of hydrogen-bond acceptors (Lipinski definition) is 4. The second-order valence-corrected chi connectivity index (χ2v) is 33.6. The highest BCUT2D eigenvalue weighted by atomic mass is 28.3. The molecule has 2 heterocycles. The Morgan fingerprint density at radius 3 is 1.28 bits per heavy atom. The fourth-order valence-corrected chi connectivity index (χ4v) is 18.9. The summed E-state index contributed by atoms with van der Waals surface area (Å²) in [5.74, 6) is 0. The van der Waals surface area contributed by atoms with Crippen LogP contribution in [-0.2, 0) is 5.41 Å². The van der Waals surface area contributed by atoms with Gasteiger partial charge in [-0.3, -0.25) is 0 Å². The van der Waals surface area contributed by atoms with E-state index in [1.165, 1.54) is 75.3 Å². The maximum Gasteiger partial charge on any atom is 0.159 e. The Labute approximate surface area is 497 Å². The maximum absolute atomic E-state index is 7.18. The standard InChI is InChI=1S/C79H62N2O2Si2/c1-79(2)67-45-53(80(69-39-23-27-51-25-13-15-33-58(51)69)72-48-56(84(3,4)54-29-9-7-10-30-54)46-65-61-36-19-21-41-74(61)82-77(65)72)43-44-64(67)76-63-38-18-17-35-60(63)71(50-68(76)79)81(70-40-24-28-52-26-14-16-34-59(52)70)73-49-57(85(5,6)55-31-11-8-12-32-55)47-66-62-37-20-22-42-75(62)83-78(66)73/h7-50H,1-6H3. The molecular weight excluding hydrogens is 1070 g/mol. The molecule has 13 aromatic carbocycles. The van der Waals surface area contributed by atoms with Gasteiger partial charge in [-0.05, 0) is 93.0 Å². The molecule has 2 aromatic heterocycles. The average Bonchev–Trinajstić information content (AvgIpc) is 1.76. The summed E-state index contributed by atoms with van der Waals surface area (Å²) in [6, 6.07) is 99.1. The molecule has 85 heavy (non-hydrogen) atoms. The van der Waals surface area contributed by atoms with Crippen LogP contribution in [-0.4, -0.2) is 16.1 Å². The Kier molecular flexibility index (Phi) is 11.5. The zero-order valence-electron chi connectivity index (χ0n) is 48.6. The number of rotatable bonds is 10. The lowest BCUT2D eigenvalue weighted by Gasteiger charge is -2.32. The number of para-hydroxylation sites is 2. The molecule has 0 radical (unpaired) electrons. The minimum atomic E-state index is -2.31. The van der Waals surface area contributed by atoms with Crippen LogP contribution in [0.4, 0.5) is 34.1 Å². The summed E-state index contributed by atoms with van der Waals surface area (Å²) in [6.07, 6.45) is 0. The highest BCUT2D eigenvalue weighted by Crippen LogP contribution is 2.57. The SMILES string of the molecule is CC1(C)c2cc(N(c3cccc4ccccc34)c3cc([Si](C)(C)c4ccccc4)cc4c3oc3ccccc34)ccc2-c2c1cc(N(c1cccc3ccccc13)c1cc([Si](C)(C)c3ccccc3)cc3c1oc1ccccc13)c1ccccc21. The van der Waals surface area contributed by atoms with Gasteiger partial charge >= 0.3 is 0 Å². The van der Waals surface area contributed by atoms with E-state index in [4.69, 9.17) is 8.83 Å². The molecule has 0 saturated heterocycles. The molecule has 0 saturated carbocycles. The van der Waals surface area contributed by atoms with Crippen molar-refractivity contribution in [2.24, 2.45) is 0 Å². The van der Waals surface area contributed by atoms with Gasteiger partial charge < -0.3 is 18.6 Å². The average molecular weight is 1130 g/mol. The van der Waals surface area contributed by atoms with E-state index in [-0.39, 0.29) is 0 Å². The summed E-state index contributed by atoms with van der Waals surface area (Å²) in [5.41, 5.74) is 14.6. The smallest absolute Gasteiger partial charge is 0.159 e. The van der Waals surface area contributed by atoms with E-state index in [1.54, 1.807) is 0 Å². The highest BCUT2D eigenvalue weighted by molar-refractivity contribution is 7.01. The van der Waals surface area contributed by atoms with Gasteiger partial charge in [0.2, 0.25) is 0 Å². The van der Waals surface area contributed by atoms with Crippen LogP contribution in [0.3, 0.4) is 0 Å². The van der Waals surface area contributed by atoms with E-state index in [0.29, 0.717) is 0 Å². The van der Waals surface area contributed by atoms with Crippen LogP contribution in [0.15, 0.2) is 276 Å². The molecule has 4 nitrogen and oxygen atoms in total. The van der Waals surface area contributed by atoms with Crippen LogP contribution in [0.5, 0.6) is 0 Å². The summed E-state index contributed by atoms with van der Waals surface area (Å²) >= 11 is 0. The van der Waals surface area contributed by atoms with E-state index in [9.17, 15) is 0 Å². The lowest BCUT2D eigenvalue weighted by atomic mass is 9.81. The topological polar surface area (TPSA) is 32.8 Å². The monoisotopic (exact) mass is 1130 g/mol. The second-order valence-electron chi connectivity index (χ2n) is 24.8. The molecule has 6 heteroatoms. The maximum atomic E-state index is 7.18. The molecule has 0 unspecified atom stereocenters. The molecule has 1 aliphatic rings. The minimum absolute atomic E-state index is 0.453. The van der Waals surface area contributed by atoms with Crippen LogP contribution < -0.4 is 30.5 Å². The van der Waals surface area contributed by atoms with E-state index in [2.05, 4.69) is 317 Å². The fourth-order valence-electron chi connectivity index (χ4n) is 14.2. The molecule has 408 valence electrons. The minimum Gasteiger partial charge on any atom is -0.454 e. The first-order valence-corrected chi connectivity index (χ1v) is 35.7.